The fourth-order valence-corrected chi connectivity index (χ4v) is 2.44. The Hall–Kier alpha value is -1.27. The molecule has 1 rings (SSSR count). The maximum atomic E-state index is 11.7. The minimum Gasteiger partial charge on any atom is -0.506 e. The van der Waals surface area contributed by atoms with Gasteiger partial charge in [0.25, 0.3) is 0 Å². The summed E-state index contributed by atoms with van der Waals surface area (Å²) in [6.07, 6.45) is 0.415. The number of rotatable bonds is 6. The molecule has 0 aliphatic rings. The van der Waals surface area contributed by atoms with Crippen molar-refractivity contribution in [1.82, 2.24) is 0 Å². The highest BCUT2D eigenvalue weighted by Gasteiger charge is 2.12. The van der Waals surface area contributed by atoms with Gasteiger partial charge < -0.3 is 9.84 Å². The average molecular weight is 259 g/mol. The Morgan fingerprint density at radius 1 is 1.41 bits per heavy atom. The summed E-state index contributed by atoms with van der Waals surface area (Å²) in [6.45, 7) is 2.21. The molecule has 0 atom stereocenters. The molecule has 0 aliphatic heterocycles. The zero-order chi connectivity index (χ0) is 12.9. The second-order valence-electron chi connectivity index (χ2n) is 3.79. The zero-order valence-corrected chi connectivity index (χ0v) is 10.8. The van der Waals surface area contributed by atoms with Crippen molar-refractivity contribution in [3.63, 3.8) is 0 Å². The van der Waals surface area contributed by atoms with E-state index in [9.17, 15) is 13.5 Å². The first-order valence-corrected chi connectivity index (χ1v) is 6.89. The lowest BCUT2D eigenvalue weighted by molar-refractivity contribution is 0.199. The van der Waals surface area contributed by atoms with Crippen LogP contribution in [0.5, 0.6) is 5.75 Å². The van der Waals surface area contributed by atoms with Gasteiger partial charge in [-0.15, -0.1) is 0 Å². The molecule has 96 valence electrons. The predicted molar refractivity (Wildman–Crippen MR) is 66.7 cm³/mol. The number of nitrogens with one attached hydrogen (secondary N) is 1. The third-order valence-corrected chi connectivity index (χ3v) is 3.54. The van der Waals surface area contributed by atoms with Gasteiger partial charge in [0.1, 0.15) is 5.75 Å². The normalized spacial score (nSPS) is 11.4. The molecule has 0 amide bonds. The third kappa shape index (κ3) is 4.62. The van der Waals surface area contributed by atoms with Crippen LogP contribution in [-0.4, -0.2) is 33.0 Å². The number of benzene rings is 1. The maximum Gasteiger partial charge on any atom is 0.232 e. The van der Waals surface area contributed by atoms with Crippen molar-refractivity contribution in [2.45, 2.75) is 13.3 Å². The molecule has 0 heterocycles. The Balaban J connectivity index is 2.72. The van der Waals surface area contributed by atoms with Crippen LogP contribution >= 0.6 is 0 Å². The summed E-state index contributed by atoms with van der Waals surface area (Å²) < 4.78 is 30.5. The second kappa shape index (κ2) is 5.88. The van der Waals surface area contributed by atoms with Crippen molar-refractivity contribution in [3.8, 4) is 5.75 Å². The highest BCUT2D eigenvalue weighted by atomic mass is 32.2. The van der Waals surface area contributed by atoms with E-state index in [-0.39, 0.29) is 17.2 Å². The Kier molecular flexibility index (Phi) is 4.77. The molecular weight excluding hydrogens is 242 g/mol. The minimum atomic E-state index is -3.44. The van der Waals surface area contributed by atoms with E-state index in [2.05, 4.69) is 4.72 Å². The summed E-state index contributed by atoms with van der Waals surface area (Å²) in [6, 6.07) is 4.75. The van der Waals surface area contributed by atoms with Crippen molar-refractivity contribution < 1.29 is 18.3 Å². The van der Waals surface area contributed by atoms with Gasteiger partial charge in [0.05, 0.1) is 11.4 Å². The number of phenolic OH excluding ortho intramolecular Hbond substituents is 1. The zero-order valence-electron chi connectivity index (χ0n) is 9.93. The van der Waals surface area contributed by atoms with Crippen LogP contribution < -0.4 is 4.72 Å². The lowest BCUT2D eigenvalue weighted by Crippen LogP contribution is -2.17. The minimum absolute atomic E-state index is 0.0335. The highest BCUT2D eigenvalue weighted by Crippen LogP contribution is 2.24. The summed E-state index contributed by atoms with van der Waals surface area (Å²) >= 11 is 0. The van der Waals surface area contributed by atoms with Crippen molar-refractivity contribution in [2.75, 3.05) is 24.2 Å². The van der Waals surface area contributed by atoms with E-state index < -0.39 is 10.0 Å². The van der Waals surface area contributed by atoms with Crippen molar-refractivity contribution in [3.05, 3.63) is 23.8 Å². The largest absolute Gasteiger partial charge is 0.506 e. The number of sulfonamides is 1. The molecule has 17 heavy (non-hydrogen) atoms. The van der Waals surface area contributed by atoms with Crippen LogP contribution in [0.2, 0.25) is 0 Å². The van der Waals surface area contributed by atoms with E-state index in [0.717, 1.165) is 5.56 Å². The molecule has 0 radical (unpaired) electrons. The molecule has 6 heteroatoms. The maximum absolute atomic E-state index is 11.7. The van der Waals surface area contributed by atoms with Gasteiger partial charge in [-0.05, 0) is 31.0 Å². The van der Waals surface area contributed by atoms with E-state index in [1.165, 1.54) is 13.2 Å². The van der Waals surface area contributed by atoms with Crippen LogP contribution in [0, 0.1) is 6.92 Å². The monoisotopic (exact) mass is 259 g/mol. The van der Waals surface area contributed by atoms with E-state index in [1.807, 2.05) is 6.92 Å². The molecule has 0 bridgehead atoms. The van der Waals surface area contributed by atoms with Crippen LogP contribution in [-0.2, 0) is 14.8 Å². The quantitative estimate of drug-likeness (QED) is 0.599. The Morgan fingerprint density at radius 3 is 2.76 bits per heavy atom. The standard InChI is InChI=1S/C11H17NO4S/c1-9-4-5-11(13)10(8-9)12-17(14,15)7-3-6-16-2/h4-5,8,12-13H,3,6-7H2,1-2H3. The lowest BCUT2D eigenvalue weighted by atomic mass is 10.2. The van der Waals surface area contributed by atoms with Gasteiger partial charge in [-0.25, -0.2) is 8.42 Å². The van der Waals surface area contributed by atoms with Crippen LogP contribution in [0.15, 0.2) is 18.2 Å². The van der Waals surface area contributed by atoms with Gasteiger partial charge in [-0.3, -0.25) is 4.72 Å². The number of ether oxygens (including phenoxy) is 1. The SMILES string of the molecule is COCCCS(=O)(=O)Nc1cc(C)ccc1O. The molecule has 1 aromatic rings. The molecule has 2 N–H and O–H groups in total. The number of hydrogen-bond donors (Lipinski definition) is 2. The Labute approximate surface area is 101 Å². The molecule has 0 aliphatic carbocycles. The number of aryl methyl sites for hydroxylation is 1. The molecular formula is C11H17NO4S. The number of aromatic hydroxyl groups is 1. The smallest absolute Gasteiger partial charge is 0.232 e. The summed E-state index contributed by atoms with van der Waals surface area (Å²) in [5, 5.41) is 9.52. The van der Waals surface area contributed by atoms with Gasteiger partial charge in [-0.1, -0.05) is 6.07 Å². The molecule has 5 nitrogen and oxygen atoms in total. The summed E-state index contributed by atoms with van der Waals surface area (Å²) in [7, 11) is -1.92. The van der Waals surface area contributed by atoms with Gasteiger partial charge in [0.15, 0.2) is 0 Å². The fraction of sp³-hybridized carbons (Fsp3) is 0.455. The first-order chi connectivity index (χ1) is 7.94. The average Bonchev–Trinajstić information content (AvgIpc) is 2.23. The number of hydrogen-bond acceptors (Lipinski definition) is 4. The Morgan fingerprint density at radius 2 is 2.12 bits per heavy atom. The lowest BCUT2D eigenvalue weighted by Gasteiger charge is -2.10. The number of methoxy groups -OCH3 is 1. The molecule has 0 aromatic heterocycles. The Bertz CT molecular complexity index is 470. The second-order valence-corrected chi connectivity index (χ2v) is 5.63. The van der Waals surface area contributed by atoms with Crippen LogP contribution in [0.3, 0.4) is 0 Å². The van der Waals surface area contributed by atoms with Gasteiger partial charge >= 0.3 is 0 Å². The van der Waals surface area contributed by atoms with E-state index >= 15 is 0 Å². The highest BCUT2D eigenvalue weighted by molar-refractivity contribution is 7.92. The topological polar surface area (TPSA) is 75.6 Å². The van der Waals surface area contributed by atoms with Gasteiger partial charge in [-0.2, -0.15) is 0 Å². The van der Waals surface area contributed by atoms with E-state index in [0.29, 0.717) is 13.0 Å². The van der Waals surface area contributed by atoms with Gasteiger partial charge in [0, 0.05) is 13.7 Å². The van der Waals surface area contributed by atoms with Crippen LogP contribution in [0.1, 0.15) is 12.0 Å². The number of phenols is 1. The first kappa shape index (κ1) is 13.8. The summed E-state index contributed by atoms with van der Waals surface area (Å²) in [5.41, 5.74) is 1.08. The van der Waals surface area contributed by atoms with E-state index in [1.54, 1.807) is 12.1 Å². The summed E-state index contributed by atoms with van der Waals surface area (Å²) in [4.78, 5) is 0. The molecule has 1 aromatic carbocycles. The van der Waals surface area contributed by atoms with Crippen LogP contribution in [0.4, 0.5) is 5.69 Å². The summed E-state index contributed by atoms with van der Waals surface area (Å²) in [5.74, 6) is -0.111. The van der Waals surface area contributed by atoms with E-state index in [4.69, 9.17) is 4.74 Å². The fourth-order valence-electron chi connectivity index (χ4n) is 1.34. The molecule has 0 saturated heterocycles. The van der Waals surface area contributed by atoms with Crippen molar-refractivity contribution >= 4 is 15.7 Å². The molecule has 0 fully saturated rings. The predicted octanol–water partition coefficient (Wildman–Crippen LogP) is 1.48. The van der Waals surface area contributed by atoms with Crippen molar-refractivity contribution in [1.29, 1.82) is 0 Å². The molecule has 0 spiro atoms. The molecule has 0 unspecified atom stereocenters. The van der Waals surface area contributed by atoms with Gasteiger partial charge in [0.2, 0.25) is 10.0 Å². The van der Waals surface area contributed by atoms with Crippen molar-refractivity contribution in [2.24, 2.45) is 0 Å². The molecule has 0 saturated carbocycles. The first-order valence-electron chi connectivity index (χ1n) is 5.23. The third-order valence-electron chi connectivity index (χ3n) is 2.18. The number of anilines is 1. The van der Waals surface area contributed by atoms with Crippen LogP contribution in [0.25, 0.3) is 0 Å².